The fourth-order valence-electron chi connectivity index (χ4n) is 2.41. The molecule has 0 aliphatic carbocycles. The van der Waals surface area contributed by atoms with E-state index in [9.17, 15) is 18.0 Å². The molecule has 1 atom stereocenters. The van der Waals surface area contributed by atoms with Gasteiger partial charge < -0.3 is 10.4 Å². The Morgan fingerprint density at radius 3 is 2.56 bits per heavy atom. The van der Waals surface area contributed by atoms with Crippen LogP contribution in [0.4, 0.5) is 18.9 Å². The number of aromatic nitrogens is 2. The maximum Gasteiger partial charge on any atom is 0.408 e. The van der Waals surface area contributed by atoms with Crippen molar-refractivity contribution in [2.24, 2.45) is 0 Å². The topological polar surface area (TPSA) is 67.2 Å². The zero-order chi connectivity index (χ0) is 18.9. The molecule has 2 rings (SSSR count). The monoisotopic (exact) mass is 375 g/mol. The molecule has 0 saturated heterocycles. The van der Waals surface area contributed by atoms with Gasteiger partial charge in [-0.15, -0.1) is 0 Å². The molecule has 136 valence electrons. The van der Waals surface area contributed by atoms with E-state index < -0.39 is 18.2 Å². The summed E-state index contributed by atoms with van der Waals surface area (Å²) in [6, 6.07) is 2.96. The molecule has 25 heavy (non-hydrogen) atoms. The molecule has 0 fully saturated rings. The normalized spacial score (nSPS) is 12.9. The van der Waals surface area contributed by atoms with Crippen molar-refractivity contribution in [2.45, 2.75) is 39.5 Å². The zero-order valence-electron chi connectivity index (χ0n) is 13.8. The first-order valence-electron chi connectivity index (χ1n) is 7.50. The SMILES string of the molecule is CCn1nc(C(=O)O)c(Cl)c1-c1ccc(NC(C)C(F)(F)F)cc1C. The second-order valence-corrected chi connectivity index (χ2v) is 5.95. The number of hydrogen-bond donors (Lipinski definition) is 2. The van der Waals surface area contributed by atoms with Gasteiger partial charge >= 0.3 is 12.1 Å². The van der Waals surface area contributed by atoms with E-state index >= 15 is 0 Å². The molecular weight excluding hydrogens is 359 g/mol. The summed E-state index contributed by atoms with van der Waals surface area (Å²) < 4.78 is 39.4. The van der Waals surface area contributed by atoms with E-state index in [1.165, 1.54) is 10.7 Å². The Balaban J connectivity index is 2.44. The number of nitrogens with zero attached hydrogens (tertiary/aromatic N) is 2. The third kappa shape index (κ3) is 3.89. The number of nitrogens with one attached hydrogen (secondary N) is 1. The van der Waals surface area contributed by atoms with Crippen LogP contribution in [0.1, 0.15) is 29.9 Å². The molecule has 0 bridgehead atoms. The summed E-state index contributed by atoms with van der Waals surface area (Å²) in [6.07, 6.45) is -4.35. The van der Waals surface area contributed by atoms with Gasteiger partial charge in [-0.3, -0.25) is 4.68 Å². The van der Waals surface area contributed by atoms with Gasteiger partial charge in [-0.05, 0) is 38.5 Å². The van der Waals surface area contributed by atoms with Gasteiger partial charge in [0.05, 0.1) is 5.69 Å². The van der Waals surface area contributed by atoms with Crippen LogP contribution in [0, 0.1) is 6.92 Å². The van der Waals surface area contributed by atoms with Crippen molar-refractivity contribution in [3.05, 3.63) is 34.5 Å². The Morgan fingerprint density at radius 2 is 2.08 bits per heavy atom. The molecule has 0 aliphatic heterocycles. The molecule has 0 amide bonds. The van der Waals surface area contributed by atoms with Crippen LogP contribution in [0.2, 0.25) is 5.02 Å². The van der Waals surface area contributed by atoms with Gasteiger partial charge in [0.2, 0.25) is 0 Å². The van der Waals surface area contributed by atoms with E-state index in [-0.39, 0.29) is 10.7 Å². The summed E-state index contributed by atoms with van der Waals surface area (Å²) in [5, 5.41) is 15.5. The van der Waals surface area contributed by atoms with Gasteiger partial charge in [-0.25, -0.2) is 4.79 Å². The average Bonchev–Trinajstić information content (AvgIpc) is 2.83. The van der Waals surface area contributed by atoms with Crippen LogP contribution in [0.3, 0.4) is 0 Å². The van der Waals surface area contributed by atoms with Crippen LogP contribution >= 0.6 is 11.6 Å². The Morgan fingerprint density at radius 1 is 1.44 bits per heavy atom. The van der Waals surface area contributed by atoms with Crippen molar-refractivity contribution in [1.29, 1.82) is 0 Å². The lowest BCUT2D eigenvalue weighted by molar-refractivity contribution is -0.138. The number of alkyl halides is 3. The number of carbonyl (C=O) groups is 1. The first kappa shape index (κ1) is 19.1. The van der Waals surface area contributed by atoms with Gasteiger partial charge in [-0.2, -0.15) is 18.3 Å². The Kier molecular flexibility index (Phi) is 5.31. The summed E-state index contributed by atoms with van der Waals surface area (Å²) in [7, 11) is 0. The molecule has 0 saturated carbocycles. The minimum Gasteiger partial charge on any atom is -0.476 e. The van der Waals surface area contributed by atoms with Crippen LogP contribution in [-0.2, 0) is 6.54 Å². The number of aromatic carboxylic acids is 1. The predicted molar refractivity (Wildman–Crippen MR) is 89.2 cm³/mol. The molecule has 0 aliphatic rings. The highest BCUT2D eigenvalue weighted by Crippen LogP contribution is 2.34. The van der Waals surface area contributed by atoms with Crippen LogP contribution in [-0.4, -0.2) is 33.1 Å². The number of rotatable bonds is 5. The Bertz CT molecular complexity index is 803. The van der Waals surface area contributed by atoms with Gasteiger partial charge in [-0.1, -0.05) is 17.7 Å². The molecule has 1 aromatic heterocycles. The molecule has 2 N–H and O–H groups in total. The maximum absolute atomic E-state index is 12.7. The Hall–Kier alpha value is -2.22. The second-order valence-electron chi connectivity index (χ2n) is 5.57. The molecule has 0 radical (unpaired) electrons. The number of aryl methyl sites for hydroxylation is 2. The molecule has 1 unspecified atom stereocenters. The highest BCUT2D eigenvalue weighted by molar-refractivity contribution is 6.35. The predicted octanol–water partition coefficient (Wildman–Crippen LogP) is 4.59. The quantitative estimate of drug-likeness (QED) is 0.802. The highest BCUT2D eigenvalue weighted by atomic mass is 35.5. The standard InChI is InChI=1S/C16H17ClF3N3O2/c1-4-23-14(12(17)13(22-23)15(24)25)11-6-5-10(7-8(11)2)21-9(3)16(18,19)20/h5-7,9,21H,4H2,1-3H3,(H,24,25). The third-order valence-electron chi connectivity index (χ3n) is 3.75. The van der Waals surface area contributed by atoms with E-state index in [0.29, 0.717) is 29.1 Å². The lowest BCUT2D eigenvalue weighted by Gasteiger charge is -2.19. The third-order valence-corrected chi connectivity index (χ3v) is 4.11. The fraction of sp³-hybridized carbons (Fsp3) is 0.375. The van der Waals surface area contributed by atoms with Gasteiger partial charge in [0.1, 0.15) is 11.1 Å². The van der Waals surface area contributed by atoms with Crippen molar-refractivity contribution in [3.63, 3.8) is 0 Å². The van der Waals surface area contributed by atoms with Gasteiger partial charge in [0, 0.05) is 17.8 Å². The smallest absolute Gasteiger partial charge is 0.408 e. The van der Waals surface area contributed by atoms with Crippen LogP contribution in [0.5, 0.6) is 0 Å². The first-order chi connectivity index (χ1) is 11.6. The largest absolute Gasteiger partial charge is 0.476 e. The summed E-state index contributed by atoms with van der Waals surface area (Å²) in [5.74, 6) is -1.24. The average molecular weight is 376 g/mol. The van der Waals surface area contributed by atoms with Crippen LogP contribution < -0.4 is 5.32 Å². The lowest BCUT2D eigenvalue weighted by Crippen LogP contribution is -2.33. The van der Waals surface area contributed by atoms with Crippen LogP contribution in [0.15, 0.2) is 18.2 Å². The van der Waals surface area contributed by atoms with E-state index in [4.69, 9.17) is 16.7 Å². The zero-order valence-corrected chi connectivity index (χ0v) is 14.5. The second kappa shape index (κ2) is 6.95. The molecule has 2 aromatic rings. The molecule has 0 spiro atoms. The lowest BCUT2D eigenvalue weighted by atomic mass is 10.0. The van der Waals surface area contributed by atoms with Crippen molar-refractivity contribution < 1.29 is 23.1 Å². The number of hydrogen-bond acceptors (Lipinski definition) is 3. The summed E-state index contributed by atoms with van der Waals surface area (Å²) in [6.45, 7) is 4.93. The molecule has 1 aromatic carbocycles. The molecule has 5 nitrogen and oxygen atoms in total. The van der Waals surface area contributed by atoms with Gasteiger partial charge in [0.25, 0.3) is 0 Å². The Labute approximate surface area is 147 Å². The fourth-order valence-corrected chi connectivity index (χ4v) is 2.73. The van der Waals surface area contributed by atoms with E-state index in [1.807, 2.05) is 0 Å². The number of halogens is 4. The van der Waals surface area contributed by atoms with E-state index in [2.05, 4.69) is 10.4 Å². The molecule has 1 heterocycles. The van der Waals surface area contributed by atoms with Crippen molar-refractivity contribution in [1.82, 2.24) is 9.78 Å². The highest BCUT2D eigenvalue weighted by Gasteiger charge is 2.36. The number of anilines is 1. The minimum absolute atomic E-state index is 0.00168. The maximum atomic E-state index is 12.7. The molecular formula is C16H17ClF3N3O2. The number of carboxylic acids is 1. The van der Waals surface area contributed by atoms with Gasteiger partial charge in [0.15, 0.2) is 5.69 Å². The van der Waals surface area contributed by atoms with E-state index in [1.54, 1.807) is 26.0 Å². The van der Waals surface area contributed by atoms with Crippen molar-refractivity contribution in [2.75, 3.05) is 5.32 Å². The van der Waals surface area contributed by atoms with Crippen molar-refractivity contribution >= 4 is 23.3 Å². The summed E-state index contributed by atoms with van der Waals surface area (Å²) in [4.78, 5) is 11.2. The number of carboxylic acid groups (broad SMARTS) is 1. The van der Waals surface area contributed by atoms with Crippen molar-refractivity contribution in [3.8, 4) is 11.3 Å². The van der Waals surface area contributed by atoms with Crippen LogP contribution in [0.25, 0.3) is 11.3 Å². The first-order valence-corrected chi connectivity index (χ1v) is 7.87. The summed E-state index contributed by atoms with van der Waals surface area (Å²) >= 11 is 6.17. The molecule has 9 heteroatoms. The number of benzene rings is 1. The summed E-state index contributed by atoms with van der Waals surface area (Å²) in [5.41, 5.74) is 1.73. The minimum atomic E-state index is -4.35. The van der Waals surface area contributed by atoms with E-state index in [0.717, 1.165) is 6.92 Å².